The van der Waals surface area contributed by atoms with Crippen LogP contribution >= 0.6 is 7.82 Å². The highest BCUT2D eigenvalue weighted by molar-refractivity contribution is 7.45. The zero-order chi connectivity index (χ0) is 39.5. The number of aliphatic hydroxyl groups excluding tert-OH is 1. The molecule has 2 unspecified atom stereocenters. The minimum Gasteiger partial charge on any atom is -0.756 e. The first-order valence-electron chi connectivity index (χ1n) is 20.1. The number of ether oxygens (including phenoxy) is 2. The number of aliphatic hydroxyl groups is 1. The molecule has 0 aliphatic rings. The Hall–Kier alpha value is -2.33. The average molecular weight is 768 g/mol. The number of hydrogen-bond donors (Lipinski definition) is 1. The van der Waals surface area contributed by atoms with E-state index >= 15 is 0 Å². The lowest BCUT2D eigenvalue weighted by Gasteiger charge is -2.28. The van der Waals surface area contributed by atoms with Crippen LogP contribution in [0.1, 0.15) is 136 Å². The molecular formula is C42H74NO9P. The number of unbranched alkanes of at least 4 members (excludes halogenated alkanes) is 10. The Balaban J connectivity index is 4.61. The summed E-state index contributed by atoms with van der Waals surface area (Å²) in [7, 11) is 1.06. The Bertz CT molecular complexity index is 1110. The Morgan fingerprint density at radius 3 is 1.83 bits per heavy atom. The Labute approximate surface area is 322 Å². The molecule has 0 radical (unpaired) electrons. The normalized spacial score (nSPS) is 14.9. The van der Waals surface area contributed by atoms with E-state index in [4.69, 9.17) is 18.5 Å². The minimum atomic E-state index is -4.66. The summed E-state index contributed by atoms with van der Waals surface area (Å²) in [5.74, 6) is -1.04. The number of esters is 2. The largest absolute Gasteiger partial charge is 0.756 e. The zero-order valence-corrected chi connectivity index (χ0v) is 34.7. The number of quaternary nitrogens is 1. The van der Waals surface area contributed by atoms with Crippen molar-refractivity contribution >= 4 is 19.8 Å². The van der Waals surface area contributed by atoms with Gasteiger partial charge in [-0.2, -0.15) is 0 Å². The van der Waals surface area contributed by atoms with E-state index in [1.165, 1.54) is 44.9 Å². The molecule has 0 fully saturated rings. The highest BCUT2D eigenvalue weighted by Gasteiger charge is 2.21. The van der Waals surface area contributed by atoms with Crippen molar-refractivity contribution in [3.8, 4) is 0 Å². The first-order chi connectivity index (χ1) is 25.4. The molecule has 0 aromatic carbocycles. The average Bonchev–Trinajstić information content (AvgIpc) is 3.09. The van der Waals surface area contributed by atoms with Crippen molar-refractivity contribution in [1.29, 1.82) is 0 Å². The zero-order valence-electron chi connectivity index (χ0n) is 33.8. The molecule has 0 saturated heterocycles. The molecule has 1 N–H and O–H groups in total. The van der Waals surface area contributed by atoms with Gasteiger partial charge in [0.15, 0.2) is 6.10 Å². The second kappa shape index (κ2) is 34.2. The van der Waals surface area contributed by atoms with E-state index < -0.39 is 38.6 Å². The van der Waals surface area contributed by atoms with Crippen LogP contribution in [0.15, 0.2) is 60.8 Å². The van der Waals surface area contributed by atoms with Crippen molar-refractivity contribution in [2.24, 2.45) is 0 Å². The van der Waals surface area contributed by atoms with Crippen LogP contribution in [0.2, 0.25) is 0 Å². The lowest BCUT2D eigenvalue weighted by Crippen LogP contribution is -2.37. The molecule has 11 heteroatoms. The molecular weight excluding hydrogens is 693 g/mol. The van der Waals surface area contributed by atoms with Gasteiger partial charge in [0.25, 0.3) is 7.82 Å². The second-order valence-electron chi connectivity index (χ2n) is 14.5. The lowest BCUT2D eigenvalue weighted by molar-refractivity contribution is -0.870. The maximum absolute atomic E-state index is 12.6. The number of hydrogen-bond acceptors (Lipinski definition) is 9. The Morgan fingerprint density at radius 2 is 1.25 bits per heavy atom. The van der Waals surface area contributed by atoms with Crippen molar-refractivity contribution in [3.05, 3.63) is 60.8 Å². The van der Waals surface area contributed by atoms with Gasteiger partial charge in [-0.25, -0.2) is 0 Å². The molecule has 0 aliphatic carbocycles. The monoisotopic (exact) mass is 768 g/mol. The summed E-state index contributed by atoms with van der Waals surface area (Å²) < 4.78 is 33.6. The van der Waals surface area contributed by atoms with Gasteiger partial charge < -0.3 is 33.0 Å². The van der Waals surface area contributed by atoms with Gasteiger partial charge in [-0.15, -0.1) is 0 Å². The van der Waals surface area contributed by atoms with Crippen LogP contribution < -0.4 is 4.89 Å². The maximum Gasteiger partial charge on any atom is 0.306 e. The third kappa shape index (κ3) is 37.8. The second-order valence-corrected chi connectivity index (χ2v) is 15.9. The topological polar surface area (TPSA) is 131 Å². The van der Waals surface area contributed by atoms with Crippen molar-refractivity contribution < 1.29 is 47.2 Å². The molecule has 0 aromatic rings. The van der Waals surface area contributed by atoms with E-state index in [1.807, 2.05) is 33.3 Å². The van der Waals surface area contributed by atoms with Gasteiger partial charge in [0.2, 0.25) is 0 Å². The molecule has 0 heterocycles. The SMILES string of the molecule is CC/C=C\C/C=C\C/C=C\C/C=C\C=C\C(O)CCCC(=O)OC[C@H](COP(=O)([O-])OCC[N+](C)(C)C)OC(=O)CCCCCCCCCCCCC. The predicted octanol–water partition coefficient (Wildman–Crippen LogP) is 9.24. The molecule has 10 nitrogen and oxygen atoms in total. The third-order valence-corrected chi connectivity index (χ3v) is 9.12. The number of phosphoric ester groups is 1. The highest BCUT2D eigenvalue weighted by Crippen LogP contribution is 2.38. The van der Waals surface area contributed by atoms with Crippen molar-refractivity contribution in [3.63, 3.8) is 0 Å². The first kappa shape index (κ1) is 50.7. The van der Waals surface area contributed by atoms with Gasteiger partial charge in [0.1, 0.15) is 19.8 Å². The summed E-state index contributed by atoms with van der Waals surface area (Å²) >= 11 is 0. The van der Waals surface area contributed by atoms with Gasteiger partial charge in [-0.05, 0) is 44.9 Å². The summed E-state index contributed by atoms with van der Waals surface area (Å²) in [6.45, 7) is 3.85. The molecule has 0 aliphatic heterocycles. The number of nitrogens with zero attached hydrogens (tertiary/aromatic N) is 1. The maximum atomic E-state index is 12.6. The number of phosphoric acid groups is 1. The van der Waals surface area contributed by atoms with Gasteiger partial charge in [-0.1, -0.05) is 139 Å². The molecule has 0 saturated carbocycles. The summed E-state index contributed by atoms with van der Waals surface area (Å²) in [6.07, 6.45) is 35.7. The Kier molecular flexibility index (Phi) is 32.7. The molecule has 306 valence electrons. The standard InChI is InChI=1S/C42H74NO9P/c1-6-8-10-12-14-16-18-19-21-22-24-26-28-31-39(44)32-30-34-41(45)49-37-40(38-51-53(47,48)50-36-35-43(3,4)5)52-42(46)33-29-27-25-23-20-17-15-13-11-9-7-2/h8,10,14,16,19,21,24,26,28,31,39-40,44H,6-7,9,11-13,15,17-18,20,22-23,25,27,29-30,32-38H2,1-5H3/b10-8-,16-14-,21-19-,26-24-,31-28+/t39?,40-/m1/s1. The molecule has 3 atom stereocenters. The number of carbonyl (C=O) groups is 2. The lowest BCUT2D eigenvalue weighted by atomic mass is 10.1. The smallest absolute Gasteiger partial charge is 0.306 e. The van der Waals surface area contributed by atoms with E-state index in [1.54, 1.807) is 12.2 Å². The van der Waals surface area contributed by atoms with Crippen molar-refractivity contribution in [2.75, 3.05) is 47.5 Å². The van der Waals surface area contributed by atoms with Crippen LogP contribution in [-0.4, -0.2) is 81.2 Å². The summed E-state index contributed by atoms with van der Waals surface area (Å²) in [4.78, 5) is 37.4. The van der Waals surface area contributed by atoms with E-state index in [-0.39, 0.29) is 26.1 Å². The van der Waals surface area contributed by atoms with Crippen LogP contribution in [0.25, 0.3) is 0 Å². The van der Waals surface area contributed by atoms with Crippen molar-refractivity contribution in [2.45, 2.75) is 148 Å². The van der Waals surface area contributed by atoms with Crippen LogP contribution in [0.4, 0.5) is 0 Å². The summed E-state index contributed by atoms with van der Waals surface area (Å²) in [5, 5.41) is 10.2. The molecule has 0 rings (SSSR count). The van der Waals surface area contributed by atoms with E-state index in [0.717, 1.165) is 44.9 Å². The number of allylic oxidation sites excluding steroid dienone is 9. The number of rotatable bonds is 35. The molecule has 0 aromatic heterocycles. The summed E-state index contributed by atoms with van der Waals surface area (Å²) in [5.41, 5.74) is 0. The van der Waals surface area contributed by atoms with E-state index in [9.17, 15) is 24.2 Å². The number of carbonyl (C=O) groups excluding carboxylic acids is 2. The Morgan fingerprint density at radius 1 is 0.698 bits per heavy atom. The minimum absolute atomic E-state index is 0.0450. The molecule has 0 amide bonds. The first-order valence-corrected chi connectivity index (χ1v) is 21.6. The quantitative estimate of drug-likeness (QED) is 0.0167. The number of likely N-dealkylation sites (N-methyl/N-ethyl adjacent to an activating group) is 1. The van der Waals surface area contributed by atoms with Gasteiger partial charge in [-0.3, -0.25) is 14.2 Å². The predicted molar refractivity (Wildman–Crippen MR) is 214 cm³/mol. The van der Waals surface area contributed by atoms with Crippen LogP contribution in [0.5, 0.6) is 0 Å². The summed E-state index contributed by atoms with van der Waals surface area (Å²) in [6, 6.07) is 0. The van der Waals surface area contributed by atoms with Gasteiger partial charge in [0, 0.05) is 12.8 Å². The van der Waals surface area contributed by atoms with Crippen LogP contribution in [0.3, 0.4) is 0 Å². The van der Waals surface area contributed by atoms with E-state index in [0.29, 0.717) is 30.3 Å². The van der Waals surface area contributed by atoms with Gasteiger partial charge in [0.05, 0.1) is 33.9 Å². The molecule has 0 spiro atoms. The highest BCUT2D eigenvalue weighted by atomic mass is 31.2. The third-order valence-electron chi connectivity index (χ3n) is 8.16. The molecule has 53 heavy (non-hydrogen) atoms. The fourth-order valence-electron chi connectivity index (χ4n) is 4.98. The van der Waals surface area contributed by atoms with Crippen molar-refractivity contribution in [1.82, 2.24) is 0 Å². The van der Waals surface area contributed by atoms with Crippen LogP contribution in [-0.2, 0) is 32.7 Å². The van der Waals surface area contributed by atoms with Gasteiger partial charge >= 0.3 is 11.9 Å². The molecule has 0 bridgehead atoms. The fraction of sp³-hybridized carbons (Fsp3) is 0.714. The fourth-order valence-corrected chi connectivity index (χ4v) is 5.70. The van der Waals surface area contributed by atoms with E-state index in [2.05, 4.69) is 50.3 Å². The van der Waals surface area contributed by atoms with Crippen LogP contribution in [0, 0.1) is 0 Å².